The molecule has 0 atom stereocenters. The summed E-state index contributed by atoms with van der Waals surface area (Å²) in [4.78, 5) is 35.8. The van der Waals surface area contributed by atoms with Crippen molar-refractivity contribution in [2.24, 2.45) is 0 Å². The lowest BCUT2D eigenvalue weighted by Crippen LogP contribution is -2.23. The molecular weight excluding hydrogens is 394 g/mol. The first-order chi connectivity index (χ1) is 15.1. The van der Waals surface area contributed by atoms with Crippen molar-refractivity contribution < 1.29 is 23.9 Å². The van der Waals surface area contributed by atoms with E-state index in [4.69, 9.17) is 9.47 Å². The van der Waals surface area contributed by atoms with Crippen molar-refractivity contribution >= 4 is 23.3 Å². The highest BCUT2D eigenvalue weighted by Crippen LogP contribution is 2.27. The summed E-state index contributed by atoms with van der Waals surface area (Å²) in [5.41, 5.74) is 3.06. The van der Waals surface area contributed by atoms with Crippen LogP contribution in [0.25, 0.3) is 11.1 Å². The maximum absolute atomic E-state index is 12.2. The van der Waals surface area contributed by atoms with E-state index in [2.05, 4.69) is 5.32 Å². The van der Waals surface area contributed by atoms with Crippen LogP contribution in [-0.2, 0) is 14.3 Å². The van der Waals surface area contributed by atoms with E-state index in [1.807, 2.05) is 48.5 Å². The molecule has 0 aliphatic heterocycles. The van der Waals surface area contributed by atoms with E-state index in [-0.39, 0.29) is 12.4 Å². The number of benzene rings is 3. The molecule has 3 rings (SSSR count). The van der Waals surface area contributed by atoms with E-state index in [0.29, 0.717) is 23.4 Å². The molecule has 0 saturated heterocycles. The third-order valence-corrected chi connectivity index (χ3v) is 4.50. The van der Waals surface area contributed by atoms with Crippen LogP contribution in [0.3, 0.4) is 0 Å². The Bertz CT molecular complexity index is 1050. The summed E-state index contributed by atoms with van der Waals surface area (Å²) in [7, 11) is 0. The van der Waals surface area contributed by atoms with E-state index in [9.17, 15) is 14.4 Å². The van der Waals surface area contributed by atoms with Gasteiger partial charge in [-0.3, -0.25) is 9.59 Å². The molecule has 0 radical (unpaired) electrons. The fraction of sp³-hybridized carbons (Fsp3) is 0.160. The predicted octanol–water partition coefficient (Wildman–Crippen LogP) is 4.51. The summed E-state index contributed by atoms with van der Waals surface area (Å²) in [5.74, 6) is -0.643. The fourth-order valence-electron chi connectivity index (χ4n) is 2.92. The maximum atomic E-state index is 12.2. The SMILES string of the molecule is CCC(=O)c1ccc(OCC(=O)OCC(=O)Nc2ccccc2-c2ccccc2)cc1. The molecule has 1 amide bonds. The molecule has 158 valence electrons. The lowest BCUT2D eigenvalue weighted by molar-refractivity contribution is -0.149. The summed E-state index contributed by atoms with van der Waals surface area (Å²) >= 11 is 0. The average molecular weight is 417 g/mol. The number of ether oxygens (including phenoxy) is 2. The molecule has 0 unspecified atom stereocenters. The van der Waals surface area contributed by atoms with Crippen molar-refractivity contribution in [3.8, 4) is 16.9 Å². The van der Waals surface area contributed by atoms with Gasteiger partial charge in [-0.05, 0) is 35.9 Å². The molecule has 0 aromatic heterocycles. The molecule has 0 heterocycles. The lowest BCUT2D eigenvalue weighted by Gasteiger charge is -2.12. The number of amides is 1. The highest BCUT2D eigenvalue weighted by Gasteiger charge is 2.12. The van der Waals surface area contributed by atoms with E-state index < -0.39 is 18.5 Å². The second-order valence-electron chi connectivity index (χ2n) is 6.71. The number of rotatable bonds is 9. The first-order valence-electron chi connectivity index (χ1n) is 9.93. The quantitative estimate of drug-likeness (QED) is 0.409. The van der Waals surface area contributed by atoms with E-state index in [1.165, 1.54) is 0 Å². The van der Waals surface area contributed by atoms with Crippen LogP contribution in [0.1, 0.15) is 23.7 Å². The van der Waals surface area contributed by atoms with Crippen LogP contribution in [0, 0.1) is 0 Å². The first kappa shape index (κ1) is 21.8. The molecule has 0 spiro atoms. The molecule has 3 aromatic carbocycles. The standard InChI is InChI=1S/C25H23NO5/c1-2-23(27)19-12-14-20(15-13-19)30-17-25(29)31-16-24(28)26-22-11-7-6-10-21(22)18-8-4-3-5-9-18/h3-15H,2,16-17H2,1H3,(H,26,28). The van der Waals surface area contributed by atoms with E-state index >= 15 is 0 Å². The summed E-state index contributed by atoms with van der Waals surface area (Å²) < 4.78 is 10.3. The van der Waals surface area contributed by atoms with Gasteiger partial charge in [-0.1, -0.05) is 55.5 Å². The number of carbonyl (C=O) groups is 3. The van der Waals surface area contributed by atoms with Gasteiger partial charge in [0.2, 0.25) is 0 Å². The van der Waals surface area contributed by atoms with Crippen molar-refractivity contribution in [2.75, 3.05) is 18.5 Å². The first-order valence-corrected chi connectivity index (χ1v) is 9.93. The number of Topliss-reactive ketones (excluding diaryl/α,β-unsaturated/α-hetero) is 1. The van der Waals surface area contributed by atoms with Gasteiger partial charge in [-0.2, -0.15) is 0 Å². The van der Waals surface area contributed by atoms with Gasteiger partial charge in [0, 0.05) is 23.2 Å². The minimum Gasteiger partial charge on any atom is -0.482 e. The van der Waals surface area contributed by atoms with E-state index in [0.717, 1.165) is 11.1 Å². The van der Waals surface area contributed by atoms with Gasteiger partial charge in [0.05, 0.1) is 0 Å². The zero-order valence-corrected chi connectivity index (χ0v) is 17.2. The number of ketones is 1. The molecule has 6 nitrogen and oxygen atoms in total. The Kier molecular flexibility index (Phi) is 7.54. The Morgan fingerprint density at radius 1 is 0.806 bits per heavy atom. The van der Waals surface area contributed by atoms with Crippen LogP contribution in [0.4, 0.5) is 5.69 Å². The Morgan fingerprint density at radius 3 is 2.19 bits per heavy atom. The molecule has 3 aromatic rings. The summed E-state index contributed by atoms with van der Waals surface area (Å²) in [5, 5.41) is 2.77. The Labute approximate surface area is 180 Å². The third kappa shape index (κ3) is 6.27. The van der Waals surface area contributed by atoms with Crippen molar-refractivity contribution in [1.29, 1.82) is 0 Å². The highest BCUT2D eigenvalue weighted by atomic mass is 16.6. The van der Waals surface area contributed by atoms with Gasteiger partial charge in [0.25, 0.3) is 5.91 Å². The smallest absolute Gasteiger partial charge is 0.344 e. The second kappa shape index (κ2) is 10.7. The number of esters is 1. The zero-order valence-electron chi connectivity index (χ0n) is 17.2. The molecule has 0 saturated carbocycles. The largest absolute Gasteiger partial charge is 0.482 e. The minimum absolute atomic E-state index is 0.0332. The monoisotopic (exact) mass is 417 g/mol. The van der Waals surface area contributed by atoms with E-state index in [1.54, 1.807) is 37.3 Å². The van der Waals surface area contributed by atoms with Gasteiger partial charge < -0.3 is 14.8 Å². The fourth-order valence-corrected chi connectivity index (χ4v) is 2.92. The lowest BCUT2D eigenvalue weighted by atomic mass is 10.0. The van der Waals surface area contributed by atoms with Crippen molar-refractivity contribution in [3.05, 3.63) is 84.4 Å². The van der Waals surface area contributed by atoms with Crippen LogP contribution >= 0.6 is 0 Å². The van der Waals surface area contributed by atoms with Gasteiger partial charge in [0.1, 0.15) is 5.75 Å². The molecule has 1 N–H and O–H groups in total. The predicted molar refractivity (Wildman–Crippen MR) is 118 cm³/mol. The van der Waals surface area contributed by atoms with Gasteiger partial charge in [-0.25, -0.2) is 4.79 Å². The number of nitrogens with one attached hydrogen (secondary N) is 1. The Hall–Kier alpha value is -3.93. The summed E-state index contributed by atoms with van der Waals surface area (Å²) in [6.07, 6.45) is 0.421. The number of hydrogen-bond acceptors (Lipinski definition) is 5. The molecular formula is C25H23NO5. The van der Waals surface area contributed by atoms with Crippen LogP contribution < -0.4 is 10.1 Å². The number of hydrogen-bond donors (Lipinski definition) is 1. The number of para-hydroxylation sites is 1. The number of carbonyl (C=O) groups excluding carboxylic acids is 3. The summed E-state index contributed by atoms with van der Waals surface area (Å²) in [6.45, 7) is 1.03. The molecule has 0 fully saturated rings. The van der Waals surface area contributed by atoms with Crippen LogP contribution in [0.2, 0.25) is 0 Å². The number of anilines is 1. The van der Waals surface area contributed by atoms with Crippen molar-refractivity contribution in [2.45, 2.75) is 13.3 Å². The zero-order chi connectivity index (χ0) is 22.1. The second-order valence-corrected chi connectivity index (χ2v) is 6.71. The van der Waals surface area contributed by atoms with Crippen LogP contribution in [0.5, 0.6) is 5.75 Å². The normalized spacial score (nSPS) is 10.2. The molecule has 0 bridgehead atoms. The Balaban J connectivity index is 1.48. The van der Waals surface area contributed by atoms with Crippen LogP contribution in [-0.4, -0.2) is 30.9 Å². The van der Waals surface area contributed by atoms with Gasteiger partial charge in [-0.15, -0.1) is 0 Å². The van der Waals surface area contributed by atoms with Gasteiger partial charge in [0.15, 0.2) is 19.0 Å². The topological polar surface area (TPSA) is 81.7 Å². The van der Waals surface area contributed by atoms with Gasteiger partial charge >= 0.3 is 5.97 Å². The Morgan fingerprint density at radius 2 is 1.48 bits per heavy atom. The maximum Gasteiger partial charge on any atom is 0.344 e. The van der Waals surface area contributed by atoms with Crippen molar-refractivity contribution in [1.82, 2.24) is 0 Å². The van der Waals surface area contributed by atoms with Crippen LogP contribution in [0.15, 0.2) is 78.9 Å². The highest BCUT2D eigenvalue weighted by molar-refractivity contribution is 5.97. The molecule has 31 heavy (non-hydrogen) atoms. The third-order valence-electron chi connectivity index (χ3n) is 4.50. The summed E-state index contributed by atoms with van der Waals surface area (Å²) in [6, 6.07) is 23.6. The van der Waals surface area contributed by atoms with Crippen molar-refractivity contribution in [3.63, 3.8) is 0 Å². The minimum atomic E-state index is -0.666. The molecule has 0 aliphatic rings. The molecule has 0 aliphatic carbocycles. The average Bonchev–Trinajstić information content (AvgIpc) is 2.82. The molecule has 6 heteroatoms.